The van der Waals surface area contributed by atoms with Crippen LogP contribution in [0.5, 0.6) is 0 Å². The molecule has 2 bridgehead atoms. The molecule has 3 aromatic rings. The lowest BCUT2D eigenvalue weighted by Gasteiger charge is -2.51. The Morgan fingerprint density at radius 3 is 1.97 bits per heavy atom. The average Bonchev–Trinajstić information content (AvgIpc) is 3.23. The van der Waals surface area contributed by atoms with Crippen LogP contribution in [0.3, 0.4) is 0 Å². The quantitative estimate of drug-likeness (QED) is 0.601. The predicted molar refractivity (Wildman–Crippen MR) is 127 cm³/mol. The number of nitrogens with zero attached hydrogens (tertiary/aromatic N) is 1. The fraction of sp³-hybridized carbons (Fsp3) is 0.379. The molecule has 3 aliphatic carbocycles. The molecular formula is C29H31NO2. The zero-order valence-electron chi connectivity index (χ0n) is 18.6. The van der Waals surface area contributed by atoms with Crippen LogP contribution >= 0.6 is 0 Å². The van der Waals surface area contributed by atoms with Gasteiger partial charge in [0, 0.05) is 31.0 Å². The van der Waals surface area contributed by atoms with Gasteiger partial charge in [-0.25, -0.2) is 0 Å². The summed E-state index contributed by atoms with van der Waals surface area (Å²) < 4.78 is 6.33. The van der Waals surface area contributed by atoms with Crippen molar-refractivity contribution in [2.75, 3.05) is 19.8 Å². The number of ether oxygens (including phenoxy) is 1. The van der Waals surface area contributed by atoms with Crippen LogP contribution in [0.4, 0.5) is 0 Å². The van der Waals surface area contributed by atoms with Gasteiger partial charge in [0.2, 0.25) is 0 Å². The second-order valence-electron chi connectivity index (χ2n) is 9.70. The van der Waals surface area contributed by atoms with Crippen molar-refractivity contribution in [3.63, 3.8) is 0 Å². The first-order valence-electron chi connectivity index (χ1n) is 12.0. The summed E-state index contributed by atoms with van der Waals surface area (Å²) in [5, 5.41) is 9.74. The molecule has 3 heteroatoms. The highest BCUT2D eigenvalue weighted by Gasteiger charge is 2.49. The van der Waals surface area contributed by atoms with Crippen LogP contribution in [0, 0.1) is 11.8 Å². The van der Waals surface area contributed by atoms with Gasteiger partial charge in [0.25, 0.3) is 0 Å². The summed E-state index contributed by atoms with van der Waals surface area (Å²) in [5.74, 6) is 1.93. The third-order valence-corrected chi connectivity index (χ3v) is 8.15. The second-order valence-corrected chi connectivity index (χ2v) is 9.70. The smallest absolute Gasteiger partial charge is 0.137 e. The molecule has 1 aliphatic heterocycles. The summed E-state index contributed by atoms with van der Waals surface area (Å²) in [5.41, 5.74) is 7.26. The van der Waals surface area contributed by atoms with Gasteiger partial charge in [0.05, 0.1) is 6.61 Å². The molecule has 0 amide bonds. The zero-order valence-corrected chi connectivity index (χ0v) is 18.6. The van der Waals surface area contributed by atoms with Crippen molar-refractivity contribution >= 4 is 0 Å². The summed E-state index contributed by atoms with van der Waals surface area (Å²) in [7, 11) is 0. The normalized spacial score (nSPS) is 30.8. The van der Waals surface area contributed by atoms with E-state index in [0.717, 1.165) is 13.0 Å². The molecule has 0 aromatic heterocycles. The van der Waals surface area contributed by atoms with Crippen LogP contribution in [0.25, 0.3) is 0 Å². The van der Waals surface area contributed by atoms with E-state index in [4.69, 9.17) is 4.74 Å². The van der Waals surface area contributed by atoms with Crippen LogP contribution in [0.15, 0.2) is 78.9 Å². The molecule has 1 saturated heterocycles. The van der Waals surface area contributed by atoms with Gasteiger partial charge in [-0.2, -0.15) is 0 Å². The minimum Gasteiger partial charge on any atom is -0.396 e. The zero-order chi connectivity index (χ0) is 21.7. The lowest BCUT2D eigenvalue weighted by molar-refractivity contribution is 0.00945. The summed E-state index contributed by atoms with van der Waals surface area (Å²) in [6, 6.07) is 29.0. The fourth-order valence-electron chi connectivity index (χ4n) is 6.72. The highest BCUT2D eigenvalue weighted by atomic mass is 16.5. The number of aliphatic hydroxyl groups excluding tert-OH is 1. The minimum atomic E-state index is -0.0362. The monoisotopic (exact) mass is 425 g/mol. The van der Waals surface area contributed by atoms with Gasteiger partial charge in [0.15, 0.2) is 0 Å². The first kappa shape index (κ1) is 20.2. The molecule has 3 nitrogen and oxygen atoms in total. The van der Waals surface area contributed by atoms with Gasteiger partial charge < -0.3 is 9.84 Å². The molecule has 4 aliphatic rings. The van der Waals surface area contributed by atoms with E-state index in [1.54, 1.807) is 0 Å². The topological polar surface area (TPSA) is 32.7 Å². The second kappa shape index (κ2) is 8.15. The first-order valence-corrected chi connectivity index (χ1v) is 12.0. The molecule has 7 rings (SSSR count). The predicted octanol–water partition coefficient (Wildman–Crippen LogP) is 5.31. The van der Waals surface area contributed by atoms with Crippen molar-refractivity contribution in [3.8, 4) is 0 Å². The maximum absolute atomic E-state index is 9.74. The Morgan fingerprint density at radius 2 is 1.38 bits per heavy atom. The van der Waals surface area contributed by atoms with Crippen molar-refractivity contribution in [3.05, 3.63) is 107 Å². The van der Waals surface area contributed by atoms with Crippen LogP contribution in [-0.4, -0.2) is 35.8 Å². The van der Waals surface area contributed by atoms with Gasteiger partial charge in [-0.05, 0) is 46.1 Å². The summed E-state index contributed by atoms with van der Waals surface area (Å²) >= 11 is 0. The Labute approximate surface area is 190 Å². The van der Waals surface area contributed by atoms with Gasteiger partial charge in [-0.1, -0.05) is 85.8 Å². The Balaban J connectivity index is 1.40. The lowest BCUT2D eigenvalue weighted by atomic mass is 9.54. The number of benzene rings is 3. The Kier molecular flexibility index (Phi) is 5.14. The summed E-state index contributed by atoms with van der Waals surface area (Å²) in [6.07, 6.45) is 0.719. The van der Waals surface area contributed by atoms with Crippen molar-refractivity contribution in [2.45, 2.75) is 37.5 Å². The molecule has 0 radical (unpaired) electrons. The molecule has 4 atom stereocenters. The highest BCUT2D eigenvalue weighted by molar-refractivity contribution is 5.56. The Bertz CT molecular complexity index is 1050. The van der Waals surface area contributed by atoms with Crippen molar-refractivity contribution in [2.24, 2.45) is 11.8 Å². The van der Waals surface area contributed by atoms with Gasteiger partial charge >= 0.3 is 0 Å². The van der Waals surface area contributed by atoms with E-state index in [1.807, 2.05) is 0 Å². The third-order valence-electron chi connectivity index (χ3n) is 8.15. The number of hydrogen-bond donors (Lipinski definition) is 1. The molecular weight excluding hydrogens is 394 g/mol. The maximum atomic E-state index is 9.74. The van der Waals surface area contributed by atoms with Crippen LogP contribution in [0.2, 0.25) is 0 Å². The summed E-state index contributed by atoms with van der Waals surface area (Å²) in [6.45, 7) is 4.31. The van der Waals surface area contributed by atoms with Crippen LogP contribution in [-0.2, 0) is 4.74 Å². The van der Waals surface area contributed by atoms with Crippen LogP contribution < -0.4 is 0 Å². The lowest BCUT2D eigenvalue weighted by Crippen LogP contribution is -2.46. The number of hydrogen-bond acceptors (Lipinski definition) is 3. The van der Waals surface area contributed by atoms with E-state index in [9.17, 15) is 5.11 Å². The third kappa shape index (κ3) is 3.07. The number of aliphatic hydroxyl groups is 1. The van der Waals surface area contributed by atoms with E-state index in [2.05, 4.69) is 90.7 Å². The molecule has 3 aromatic carbocycles. The van der Waals surface area contributed by atoms with E-state index >= 15 is 0 Å². The van der Waals surface area contributed by atoms with Crippen molar-refractivity contribution < 1.29 is 9.84 Å². The molecule has 32 heavy (non-hydrogen) atoms. The Hall–Kier alpha value is -2.46. The highest BCUT2D eigenvalue weighted by Crippen LogP contribution is 2.58. The molecule has 1 heterocycles. The SMILES string of the molecule is C[C@@H]1C2c3ccccc3C(c3ccccc32)[C@H]1CN1[C@H](CCO)CO[C@@H]1c1ccccc1. The van der Waals surface area contributed by atoms with E-state index in [0.29, 0.717) is 30.3 Å². The number of fused-ring (bicyclic) bond motifs is 1. The molecule has 0 unspecified atom stereocenters. The first-order chi connectivity index (χ1) is 15.8. The number of rotatable bonds is 5. The molecule has 0 spiro atoms. The molecule has 1 fully saturated rings. The fourth-order valence-corrected chi connectivity index (χ4v) is 6.72. The standard InChI is InChI=1S/C29H31NO2/c1-19-26(17-30-21(15-16-31)18-32-29(30)20-9-3-2-4-10-20)28-24-13-7-5-11-22(24)27(19)23-12-6-8-14-25(23)28/h2-14,19,21,26-29,31H,15-18H2,1H3/t19-,21+,26-,27?,28?,29+/m0/s1. The molecule has 1 N–H and O–H groups in total. The Morgan fingerprint density at radius 1 is 0.812 bits per heavy atom. The van der Waals surface area contributed by atoms with E-state index in [1.165, 1.54) is 27.8 Å². The van der Waals surface area contributed by atoms with Gasteiger partial charge in [0.1, 0.15) is 6.23 Å². The van der Waals surface area contributed by atoms with Crippen LogP contribution in [0.1, 0.15) is 59.2 Å². The largest absolute Gasteiger partial charge is 0.396 e. The molecule has 0 saturated carbocycles. The van der Waals surface area contributed by atoms with Crippen molar-refractivity contribution in [1.29, 1.82) is 0 Å². The maximum Gasteiger partial charge on any atom is 0.137 e. The van der Waals surface area contributed by atoms with E-state index in [-0.39, 0.29) is 18.9 Å². The van der Waals surface area contributed by atoms with Gasteiger partial charge in [-0.3, -0.25) is 4.90 Å². The summed E-state index contributed by atoms with van der Waals surface area (Å²) in [4.78, 5) is 2.54. The van der Waals surface area contributed by atoms with Gasteiger partial charge in [-0.15, -0.1) is 0 Å². The van der Waals surface area contributed by atoms with Crippen molar-refractivity contribution in [1.82, 2.24) is 4.90 Å². The molecule has 164 valence electrons. The average molecular weight is 426 g/mol. The minimum absolute atomic E-state index is 0.0362. The van der Waals surface area contributed by atoms with E-state index < -0.39 is 0 Å².